The summed E-state index contributed by atoms with van der Waals surface area (Å²) in [5.74, 6) is 0.137. The Labute approximate surface area is 157 Å². The molecule has 0 aliphatic heterocycles. The second-order valence-corrected chi connectivity index (χ2v) is 6.66. The lowest BCUT2D eigenvalue weighted by Gasteiger charge is -2.09. The lowest BCUT2D eigenvalue weighted by Crippen LogP contribution is -2.09. The van der Waals surface area contributed by atoms with Crippen molar-refractivity contribution < 1.29 is 9.53 Å². The molecule has 4 nitrogen and oxygen atoms in total. The molecular weight excluding hydrogens is 324 g/mol. The molecule has 1 N–H and O–H groups in total. The average molecular weight is 354 g/mol. The summed E-state index contributed by atoms with van der Waals surface area (Å²) in [7, 11) is 0. The summed E-state index contributed by atoms with van der Waals surface area (Å²) in [5, 5.41) is 3.41. The molecule has 0 atom stereocenters. The van der Waals surface area contributed by atoms with Gasteiger partial charge in [0, 0.05) is 18.4 Å². The molecule has 0 bridgehead atoms. The second-order valence-electron chi connectivity index (χ2n) is 6.66. The molecule has 2 aromatic rings. The highest BCUT2D eigenvalue weighted by Crippen LogP contribution is 2.17. The van der Waals surface area contributed by atoms with Crippen LogP contribution in [0, 0.1) is 6.92 Å². The van der Waals surface area contributed by atoms with Gasteiger partial charge in [-0.1, -0.05) is 45.4 Å². The molecule has 0 spiro atoms. The van der Waals surface area contributed by atoms with E-state index in [0.29, 0.717) is 11.3 Å². The van der Waals surface area contributed by atoms with Crippen molar-refractivity contribution >= 4 is 11.7 Å². The molecule has 0 saturated carbocycles. The third kappa shape index (κ3) is 6.87. The first-order valence-electron chi connectivity index (χ1n) is 9.67. The molecule has 1 aromatic heterocycles. The predicted octanol–water partition coefficient (Wildman–Crippen LogP) is 5.77. The standard InChI is InChI=1S/C22H30N2O2/c1-3-4-5-6-7-8-9-15-24-20-12-10-19(11-13-20)22(25)26-21-17-23-16-14-18(21)2/h10-14,16-17,24H,3-9,15H2,1-2H3. The number of nitrogens with zero attached hydrogens (tertiary/aromatic N) is 1. The molecule has 0 radical (unpaired) electrons. The molecule has 0 fully saturated rings. The Balaban J connectivity index is 1.70. The first-order valence-corrected chi connectivity index (χ1v) is 9.67. The van der Waals surface area contributed by atoms with Crippen LogP contribution in [0.15, 0.2) is 42.7 Å². The largest absolute Gasteiger partial charge is 0.421 e. The number of aromatic nitrogens is 1. The van der Waals surface area contributed by atoms with E-state index in [0.717, 1.165) is 17.8 Å². The van der Waals surface area contributed by atoms with Crippen molar-refractivity contribution in [2.24, 2.45) is 0 Å². The summed E-state index contributed by atoms with van der Waals surface area (Å²) in [6.07, 6.45) is 12.4. The maximum absolute atomic E-state index is 12.2. The van der Waals surface area contributed by atoms with E-state index in [-0.39, 0.29) is 5.97 Å². The van der Waals surface area contributed by atoms with Gasteiger partial charge in [-0.15, -0.1) is 0 Å². The summed E-state index contributed by atoms with van der Waals surface area (Å²) >= 11 is 0. The number of benzene rings is 1. The summed E-state index contributed by atoms with van der Waals surface area (Å²) in [4.78, 5) is 16.2. The van der Waals surface area contributed by atoms with Crippen LogP contribution >= 0.6 is 0 Å². The van der Waals surface area contributed by atoms with Crippen molar-refractivity contribution in [2.45, 2.75) is 58.8 Å². The van der Waals surface area contributed by atoms with Crippen LogP contribution in [0.3, 0.4) is 0 Å². The lowest BCUT2D eigenvalue weighted by molar-refractivity contribution is 0.0733. The fraction of sp³-hybridized carbons (Fsp3) is 0.455. The number of nitrogens with one attached hydrogen (secondary N) is 1. The fourth-order valence-corrected chi connectivity index (χ4v) is 2.75. The van der Waals surface area contributed by atoms with Gasteiger partial charge in [-0.25, -0.2) is 4.79 Å². The van der Waals surface area contributed by atoms with E-state index < -0.39 is 0 Å². The van der Waals surface area contributed by atoms with Gasteiger partial charge in [0.2, 0.25) is 0 Å². The summed E-state index contributed by atoms with van der Waals surface area (Å²) in [6, 6.07) is 9.25. The molecule has 0 saturated heterocycles. The Hall–Kier alpha value is -2.36. The number of esters is 1. The van der Waals surface area contributed by atoms with Crippen molar-refractivity contribution in [2.75, 3.05) is 11.9 Å². The van der Waals surface area contributed by atoms with Crippen LogP contribution in [0.2, 0.25) is 0 Å². The molecule has 2 rings (SSSR count). The third-order valence-corrected chi connectivity index (χ3v) is 4.42. The molecular formula is C22H30N2O2. The Morgan fingerprint density at radius 3 is 2.38 bits per heavy atom. The maximum atomic E-state index is 12.2. The number of pyridine rings is 1. The van der Waals surface area contributed by atoms with E-state index >= 15 is 0 Å². The molecule has 1 aromatic carbocycles. The SMILES string of the molecule is CCCCCCCCCNc1ccc(C(=O)Oc2cnccc2C)cc1. The number of hydrogen-bond donors (Lipinski definition) is 1. The maximum Gasteiger partial charge on any atom is 0.343 e. The van der Waals surface area contributed by atoms with Gasteiger partial charge >= 0.3 is 5.97 Å². The zero-order valence-electron chi connectivity index (χ0n) is 16.0. The van der Waals surface area contributed by atoms with E-state index in [4.69, 9.17) is 4.74 Å². The second kappa shape index (κ2) is 11.3. The Morgan fingerprint density at radius 2 is 1.69 bits per heavy atom. The van der Waals surface area contributed by atoms with Crippen molar-refractivity contribution in [1.82, 2.24) is 4.98 Å². The van der Waals surface area contributed by atoms with Gasteiger partial charge in [-0.05, 0) is 49.2 Å². The molecule has 140 valence electrons. The third-order valence-electron chi connectivity index (χ3n) is 4.42. The highest BCUT2D eigenvalue weighted by molar-refractivity contribution is 5.91. The van der Waals surface area contributed by atoms with E-state index in [1.54, 1.807) is 24.5 Å². The first kappa shape index (κ1) is 20.0. The Morgan fingerprint density at radius 1 is 1.00 bits per heavy atom. The minimum Gasteiger partial charge on any atom is -0.421 e. The summed E-state index contributed by atoms with van der Waals surface area (Å²) < 4.78 is 5.40. The van der Waals surface area contributed by atoms with Crippen LogP contribution in [0.5, 0.6) is 5.75 Å². The summed E-state index contributed by atoms with van der Waals surface area (Å²) in [5.41, 5.74) is 2.46. The van der Waals surface area contributed by atoms with Gasteiger partial charge in [0.1, 0.15) is 0 Å². The minimum atomic E-state index is -0.361. The minimum absolute atomic E-state index is 0.361. The monoisotopic (exact) mass is 354 g/mol. The van der Waals surface area contributed by atoms with Gasteiger partial charge in [0.25, 0.3) is 0 Å². The molecule has 0 amide bonds. The van der Waals surface area contributed by atoms with Gasteiger partial charge in [-0.2, -0.15) is 0 Å². The van der Waals surface area contributed by atoms with Crippen LogP contribution in [-0.4, -0.2) is 17.5 Å². The van der Waals surface area contributed by atoms with Crippen LogP contribution in [0.1, 0.15) is 67.8 Å². The highest BCUT2D eigenvalue weighted by atomic mass is 16.5. The number of carbonyl (C=O) groups excluding carboxylic acids is 1. The molecule has 1 heterocycles. The Bertz CT molecular complexity index is 668. The lowest BCUT2D eigenvalue weighted by atomic mass is 10.1. The molecule has 0 unspecified atom stereocenters. The van der Waals surface area contributed by atoms with Gasteiger partial charge in [0.05, 0.1) is 11.8 Å². The van der Waals surface area contributed by atoms with E-state index in [2.05, 4.69) is 17.2 Å². The summed E-state index contributed by atoms with van der Waals surface area (Å²) in [6.45, 7) is 5.10. The number of carbonyl (C=O) groups is 1. The van der Waals surface area contributed by atoms with Crippen molar-refractivity contribution in [1.29, 1.82) is 0 Å². The number of aryl methyl sites for hydroxylation is 1. The van der Waals surface area contributed by atoms with Gasteiger partial charge in [-0.3, -0.25) is 4.98 Å². The van der Waals surface area contributed by atoms with Crippen molar-refractivity contribution in [3.63, 3.8) is 0 Å². The van der Waals surface area contributed by atoms with Gasteiger partial charge in [0.15, 0.2) is 5.75 Å². The number of rotatable bonds is 11. The molecule has 26 heavy (non-hydrogen) atoms. The highest BCUT2D eigenvalue weighted by Gasteiger charge is 2.10. The van der Waals surface area contributed by atoms with E-state index in [9.17, 15) is 4.79 Å². The number of hydrogen-bond acceptors (Lipinski definition) is 4. The fourth-order valence-electron chi connectivity index (χ4n) is 2.75. The van der Waals surface area contributed by atoms with Crippen LogP contribution in [-0.2, 0) is 0 Å². The molecule has 4 heteroatoms. The zero-order valence-corrected chi connectivity index (χ0v) is 16.0. The zero-order chi connectivity index (χ0) is 18.6. The van der Waals surface area contributed by atoms with Crippen LogP contribution < -0.4 is 10.1 Å². The number of anilines is 1. The van der Waals surface area contributed by atoms with Crippen LogP contribution in [0.25, 0.3) is 0 Å². The van der Waals surface area contributed by atoms with Gasteiger partial charge < -0.3 is 10.1 Å². The quantitative estimate of drug-likeness (QED) is 0.411. The van der Waals surface area contributed by atoms with Crippen molar-refractivity contribution in [3.05, 3.63) is 53.9 Å². The Kier molecular flexibility index (Phi) is 8.67. The smallest absolute Gasteiger partial charge is 0.343 e. The topological polar surface area (TPSA) is 51.2 Å². The van der Waals surface area contributed by atoms with E-state index in [1.807, 2.05) is 25.1 Å². The number of unbranched alkanes of at least 4 members (excludes halogenated alkanes) is 6. The van der Waals surface area contributed by atoms with Crippen molar-refractivity contribution in [3.8, 4) is 5.75 Å². The number of ether oxygens (including phenoxy) is 1. The molecule has 0 aliphatic rings. The predicted molar refractivity (Wildman–Crippen MR) is 107 cm³/mol. The van der Waals surface area contributed by atoms with E-state index in [1.165, 1.54) is 44.9 Å². The average Bonchev–Trinajstić information content (AvgIpc) is 2.66. The van der Waals surface area contributed by atoms with Crippen LogP contribution in [0.4, 0.5) is 5.69 Å². The first-order chi connectivity index (χ1) is 12.7. The molecule has 0 aliphatic carbocycles. The normalized spacial score (nSPS) is 10.5.